The van der Waals surface area contributed by atoms with Gasteiger partial charge in [-0.15, -0.1) is 0 Å². The number of nitrogens with zero attached hydrogens (tertiary/aromatic N) is 1. The van der Waals surface area contributed by atoms with Gasteiger partial charge in [-0.3, -0.25) is 0 Å². The van der Waals surface area contributed by atoms with Crippen LogP contribution in [0.1, 0.15) is 29.5 Å². The lowest BCUT2D eigenvalue weighted by Gasteiger charge is -2.26. The van der Waals surface area contributed by atoms with Gasteiger partial charge in [0.05, 0.1) is 16.5 Å². The van der Waals surface area contributed by atoms with Gasteiger partial charge in [-0.1, -0.05) is 53.5 Å². The molecular formula is C23H20Cl2N2O2S. The van der Waals surface area contributed by atoms with Gasteiger partial charge in [-0.25, -0.2) is 13.1 Å². The normalized spacial score (nSPS) is 13.4. The van der Waals surface area contributed by atoms with E-state index in [2.05, 4.69) is 10.8 Å². The van der Waals surface area contributed by atoms with Crippen LogP contribution in [-0.4, -0.2) is 14.5 Å². The summed E-state index contributed by atoms with van der Waals surface area (Å²) >= 11 is 12.0. The van der Waals surface area contributed by atoms with E-state index in [4.69, 9.17) is 23.2 Å². The SMILES string of the molecule is CC(NS(=O)(=O)c1cccc(Cl)c1)C(Cc1ccc(Cl)cc1)c1cccc(C#N)c1. The Labute approximate surface area is 187 Å². The number of hydrogen-bond donors (Lipinski definition) is 1. The Morgan fingerprint density at radius 3 is 2.33 bits per heavy atom. The fourth-order valence-corrected chi connectivity index (χ4v) is 5.04. The summed E-state index contributed by atoms with van der Waals surface area (Å²) < 4.78 is 28.6. The molecule has 0 amide bonds. The first-order chi connectivity index (χ1) is 14.3. The molecular weight excluding hydrogens is 439 g/mol. The van der Waals surface area contributed by atoms with Crippen molar-refractivity contribution in [3.63, 3.8) is 0 Å². The molecule has 0 bridgehead atoms. The Morgan fingerprint density at radius 2 is 1.67 bits per heavy atom. The quantitative estimate of drug-likeness (QED) is 0.503. The van der Waals surface area contributed by atoms with Crippen molar-refractivity contribution >= 4 is 33.2 Å². The van der Waals surface area contributed by atoms with E-state index in [1.807, 2.05) is 25.1 Å². The molecule has 3 aromatic carbocycles. The van der Waals surface area contributed by atoms with Crippen molar-refractivity contribution in [1.29, 1.82) is 5.26 Å². The zero-order chi connectivity index (χ0) is 21.7. The average molecular weight is 459 g/mol. The monoisotopic (exact) mass is 458 g/mol. The van der Waals surface area contributed by atoms with Crippen LogP contribution in [0.5, 0.6) is 0 Å². The van der Waals surface area contributed by atoms with Crippen molar-refractivity contribution in [3.05, 3.63) is 99.5 Å². The highest BCUT2D eigenvalue weighted by Gasteiger charge is 2.26. The van der Waals surface area contributed by atoms with E-state index in [0.29, 0.717) is 22.0 Å². The Bertz CT molecular complexity index is 1170. The number of nitriles is 1. The highest BCUT2D eigenvalue weighted by molar-refractivity contribution is 7.89. The predicted molar refractivity (Wildman–Crippen MR) is 120 cm³/mol. The van der Waals surface area contributed by atoms with Crippen molar-refractivity contribution in [2.45, 2.75) is 30.2 Å². The van der Waals surface area contributed by atoms with E-state index in [9.17, 15) is 13.7 Å². The molecule has 0 aromatic heterocycles. The third-order valence-corrected chi connectivity index (χ3v) is 6.91. The molecule has 0 radical (unpaired) electrons. The Morgan fingerprint density at radius 1 is 0.967 bits per heavy atom. The second kappa shape index (κ2) is 9.63. The van der Waals surface area contributed by atoms with Crippen LogP contribution in [0, 0.1) is 11.3 Å². The van der Waals surface area contributed by atoms with Gasteiger partial charge in [0.2, 0.25) is 10.0 Å². The van der Waals surface area contributed by atoms with Gasteiger partial charge >= 0.3 is 0 Å². The van der Waals surface area contributed by atoms with Crippen LogP contribution in [0.4, 0.5) is 0 Å². The molecule has 4 nitrogen and oxygen atoms in total. The van der Waals surface area contributed by atoms with Gasteiger partial charge in [0, 0.05) is 22.0 Å². The summed E-state index contributed by atoms with van der Waals surface area (Å²) in [7, 11) is -3.77. The lowest BCUT2D eigenvalue weighted by Crippen LogP contribution is -2.37. The van der Waals surface area contributed by atoms with Crippen molar-refractivity contribution in [2.75, 3.05) is 0 Å². The maximum atomic E-state index is 12.9. The van der Waals surface area contributed by atoms with Crippen LogP contribution in [-0.2, 0) is 16.4 Å². The highest BCUT2D eigenvalue weighted by atomic mass is 35.5. The van der Waals surface area contributed by atoms with E-state index in [1.54, 1.807) is 42.5 Å². The van der Waals surface area contributed by atoms with Gasteiger partial charge in [0.15, 0.2) is 0 Å². The molecule has 3 rings (SSSR count). The van der Waals surface area contributed by atoms with E-state index in [-0.39, 0.29) is 10.8 Å². The van der Waals surface area contributed by atoms with E-state index in [1.165, 1.54) is 12.1 Å². The maximum absolute atomic E-state index is 12.9. The van der Waals surface area contributed by atoms with Crippen LogP contribution < -0.4 is 4.72 Å². The molecule has 2 unspecified atom stereocenters. The number of rotatable bonds is 7. The molecule has 0 saturated heterocycles. The molecule has 0 heterocycles. The second-order valence-electron chi connectivity index (χ2n) is 7.04. The third-order valence-electron chi connectivity index (χ3n) is 4.86. The smallest absolute Gasteiger partial charge is 0.208 e. The van der Waals surface area contributed by atoms with Gasteiger partial charge in [0.25, 0.3) is 0 Å². The summed E-state index contributed by atoms with van der Waals surface area (Å²) in [6.07, 6.45) is 0.575. The zero-order valence-corrected chi connectivity index (χ0v) is 18.5. The van der Waals surface area contributed by atoms with Crippen molar-refractivity contribution in [3.8, 4) is 6.07 Å². The topological polar surface area (TPSA) is 70.0 Å². The van der Waals surface area contributed by atoms with Gasteiger partial charge < -0.3 is 0 Å². The first-order valence-electron chi connectivity index (χ1n) is 9.31. The molecule has 154 valence electrons. The number of nitrogens with one attached hydrogen (secondary N) is 1. The third kappa shape index (κ3) is 5.62. The van der Waals surface area contributed by atoms with Crippen LogP contribution in [0.25, 0.3) is 0 Å². The minimum absolute atomic E-state index is 0.109. The minimum atomic E-state index is -3.77. The second-order valence-corrected chi connectivity index (χ2v) is 9.63. The van der Waals surface area contributed by atoms with Gasteiger partial charge in [-0.2, -0.15) is 5.26 Å². The Hall–Kier alpha value is -2.36. The standard InChI is InChI=1S/C23H20Cl2N2O2S/c1-16(27-30(28,29)22-7-3-6-21(25)14-22)23(13-17-8-10-20(24)11-9-17)19-5-2-4-18(12-19)15-26/h2-12,14,16,23,27H,13H2,1H3. The molecule has 30 heavy (non-hydrogen) atoms. The molecule has 0 saturated carbocycles. The fraction of sp³-hybridized carbons (Fsp3) is 0.174. The Kier molecular flexibility index (Phi) is 7.17. The predicted octanol–water partition coefficient (Wildman–Crippen LogP) is 5.56. The van der Waals surface area contributed by atoms with E-state index in [0.717, 1.165) is 11.1 Å². The number of hydrogen-bond acceptors (Lipinski definition) is 3. The average Bonchev–Trinajstić information content (AvgIpc) is 2.73. The minimum Gasteiger partial charge on any atom is -0.208 e. The van der Waals surface area contributed by atoms with Crippen molar-refractivity contribution in [2.24, 2.45) is 0 Å². The number of benzene rings is 3. The summed E-state index contributed by atoms with van der Waals surface area (Å²) in [6.45, 7) is 1.82. The van der Waals surface area contributed by atoms with E-state index < -0.39 is 16.1 Å². The van der Waals surface area contributed by atoms with Crippen LogP contribution in [0.2, 0.25) is 10.0 Å². The summed E-state index contributed by atoms with van der Waals surface area (Å²) in [6, 6.07) is 22.5. The summed E-state index contributed by atoms with van der Waals surface area (Å²) in [5.41, 5.74) is 2.42. The van der Waals surface area contributed by atoms with Crippen LogP contribution >= 0.6 is 23.2 Å². The molecule has 3 aromatic rings. The molecule has 7 heteroatoms. The van der Waals surface area contributed by atoms with Gasteiger partial charge in [-0.05, 0) is 66.9 Å². The van der Waals surface area contributed by atoms with Crippen molar-refractivity contribution < 1.29 is 8.42 Å². The first kappa shape index (κ1) is 22.3. The molecule has 0 aliphatic rings. The lowest BCUT2D eigenvalue weighted by molar-refractivity contribution is 0.503. The maximum Gasteiger partial charge on any atom is 0.240 e. The molecule has 0 aliphatic heterocycles. The Balaban J connectivity index is 1.94. The van der Waals surface area contributed by atoms with E-state index >= 15 is 0 Å². The van der Waals surface area contributed by atoms with Crippen LogP contribution in [0.3, 0.4) is 0 Å². The zero-order valence-electron chi connectivity index (χ0n) is 16.2. The molecule has 0 spiro atoms. The summed E-state index contributed by atoms with van der Waals surface area (Å²) in [5, 5.41) is 10.3. The largest absolute Gasteiger partial charge is 0.240 e. The summed E-state index contributed by atoms with van der Waals surface area (Å²) in [5.74, 6) is -0.201. The molecule has 1 N–H and O–H groups in total. The number of sulfonamides is 1. The molecule has 0 aliphatic carbocycles. The first-order valence-corrected chi connectivity index (χ1v) is 11.5. The fourth-order valence-electron chi connectivity index (χ4n) is 3.33. The van der Waals surface area contributed by atoms with Gasteiger partial charge in [0.1, 0.15) is 0 Å². The van der Waals surface area contributed by atoms with Crippen molar-refractivity contribution in [1.82, 2.24) is 4.72 Å². The number of halogens is 2. The lowest BCUT2D eigenvalue weighted by atomic mass is 9.86. The van der Waals surface area contributed by atoms with Crippen LogP contribution in [0.15, 0.2) is 77.7 Å². The highest BCUT2D eigenvalue weighted by Crippen LogP contribution is 2.27. The summed E-state index contributed by atoms with van der Waals surface area (Å²) in [4.78, 5) is 0.109. The molecule has 2 atom stereocenters. The molecule has 0 fully saturated rings.